The normalized spacial score (nSPS) is 11.0. The second-order valence-electron chi connectivity index (χ2n) is 4.87. The predicted octanol–water partition coefficient (Wildman–Crippen LogP) is 3.63. The van der Waals surface area contributed by atoms with Crippen LogP contribution in [-0.4, -0.2) is 25.7 Å². The van der Waals surface area contributed by atoms with Gasteiger partial charge in [-0.05, 0) is 24.6 Å². The van der Waals surface area contributed by atoms with Crippen molar-refractivity contribution in [3.63, 3.8) is 0 Å². The molecule has 7 heteroatoms. The van der Waals surface area contributed by atoms with Gasteiger partial charge in [0.2, 0.25) is 0 Å². The standard InChI is InChI=1S/C15H11Cl2N3O2/c1-8-11(6-9-2-4-10(16)5-3-9)13(17)20-14(19-8)12(7-18-20)15(21)22/h2-5,7H,6H2,1H3,(H,21,22). The van der Waals surface area contributed by atoms with Crippen molar-refractivity contribution in [1.29, 1.82) is 0 Å². The van der Waals surface area contributed by atoms with E-state index in [0.29, 0.717) is 22.3 Å². The van der Waals surface area contributed by atoms with E-state index in [1.165, 1.54) is 10.7 Å². The Morgan fingerprint density at radius 1 is 1.27 bits per heavy atom. The number of aromatic nitrogens is 3. The van der Waals surface area contributed by atoms with Gasteiger partial charge in [0.1, 0.15) is 10.7 Å². The van der Waals surface area contributed by atoms with Crippen LogP contribution in [0.25, 0.3) is 5.65 Å². The van der Waals surface area contributed by atoms with Gasteiger partial charge in [-0.3, -0.25) is 0 Å². The number of carbonyl (C=O) groups is 1. The van der Waals surface area contributed by atoms with E-state index in [1.807, 2.05) is 24.3 Å². The number of fused-ring (bicyclic) bond motifs is 1. The molecule has 0 saturated carbocycles. The van der Waals surface area contributed by atoms with Crippen molar-refractivity contribution in [3.8, 4) is 0 Å². The minimum absolute atomic E-state index is 0.0306. The first-order valence-electron chi connectivity index (χ1n) is 6.48. The number of hydrogen-bond acceptors (Lipinski definition) is 3. The highest BCUT2D eigenvalue weighted by atomic mass is 35.5. The molecule has 3 aromatic rings. The molecule has 0 unspecified atom stereocenters. The quantitative estimate of drug-likeness (QED) is 0.742. The topological polar surface area (TPSA) is 67.5 Å². The molecule has 2 aromatic heterocycles. The fraction of sp³-hybridized carbons (Fsp3) is 0.133. The number of benzene rings is 1. The number of carboxylic acids is 1. The van der Waals surface area contributed by atoms with Gasteiger partial charge >= 0.3 is 5.97 Å². The maximum atomic E-state index is 11.2. The Kier molecular flexibility index (Phi) is 3.76. The van der Waals surface area contributed by atoms with Gasteiger partial charge in [0.25, 0.3) is 0 Å². The molecule has 112 valence electrons. The molecule has 0 amide bonds. The van der Waals surface area contributed by atoms with Gasteiger partial charge in [0.15, 0.2) is 5.65 Å². The molecule has 0 spiro atoms. The number of nitrogens with zero attached hydrogens (tertiary/aromatic N) is 3. The van der Waals surface area contributed by atoms with Crippen molar-refractivity contribution < 1.29 is 9.90 Å². The van der Waals surface area contributed by atoms with Gasteiger partial charge in [-0.15, -0.1) is 0 Å². The third-order valence-electron chi connectivity index (χ3n) is 3.41. The van der Waals surface area contributed by atoms with Crippen molar-refractivity contribution in [2.45, 2.75) is 13.3 Å². The van der Waals surface area contributed by atoms with E-state index in [4.69, 9.17) is 28.3 Å². The molecular weight excluding hydrogens is 325 g/mol. The average Bonchev–Trinajstić information content (AvgIpc) is 2.89. The highest BCUT2D eigenvalue weighted by Gasteiger charge is 2.18. The number of aromatic carboxylic acids is 1. The van der Waals surface area contributed by atoms with Gasteiger partial charge < -0.3 is 5.11 Å². The second-order valence-corrected chi connectivity index (χ2v) is 5.66. The lowest BCUT2D eigenvalue weighted by molar-refractivity contribution is 0.0699. The molecule has 5 nitrogen and oxygen atoms in total. The summed E-state index contributed by atoms with van der Waals surface area (Å²) in [6, 6.07) is 7.44. The summed E-state index contributed by atoms with van der Waals surface area (Å²) < 4.78 is 1.35. The van der Waals surface area contributed by atoms with Crippen LogP contribution < -0.4 is 0 Å². The van der Waals surface area contributed by atoms with Gasteiger partial charge in [0, 0.05) is 22.7 Å². The van der Waals surface area contributed by atoms with Gasteiger partial charge in [-0.2, -0.15) is 5.10 Å². The lowest BCUT2D eigenvalue weighted by Gasteiger charge is -2.10. The summed E-state index contributed by atoms with van der Waals surface area (Å²) in [5.41, 5.74) is 2.78. The number of aryl methyl sites for hydroxylation is 1. The molecule has 0 radical (unpaired) electrons. The van der Waals surface area contributed by atoms with Crippen LogP contribution in [-0.2, 0) is 6.42 Å². The molecule has 1 N–H and O–H groups in total. The minimum Gasteiger partial charge on any atom is -0.477 e. The largest absolute Gasteiger partial charge is 0.477 e. The van der Waals surface area contributed by atoms with E-state index in [-0.39, 0.29) is 11.2 Å². The minimum atomic E-state index is -1.08. The van der Waals surface area contributed by atoms with Crippen LogP contribution in [0, 0.1) is 6.92 Å². The maximum Gasteiger partial charge on any atom is 0.341 e. The molecule has 0 fully saturated rings. The van der Waals surface area contributed by atoms with Crippen LogP contribution in [0.1, 0.15) is 27.2 Å². The zero-order valence-electron chi connectivity index (χ0n) is 11.5. The van der Waals surface area contributed by atoms with Crippen LogP contribution in [0.4, 0.5) is 0 Å². The Hall–Kier alpha value is -2.11. The zero-order chi connectivity index (χ0) is 15.9. The Morgan fingerprint density at radius 3 is 2.59 bits per heavy atom. The summed E-state index contributed by atoms with van der Waals surface area (Å²) in [6.07, 6.45) is 1.81. The third-order valence-corrected chi connectivity index (χ3v) is 4.05. The van der Waals surface area contributed by atoms with Crippen molar-refractivity contribution in [2.75, 3.05) is 0 Å². The average molecular weight is 336 g/mol. The predicted molar refractivity (Wildman–Crippen MR) is 84.0 cm³/mol. The van der Waals surface area contributed by atoms with Crippen LogP contribution >= 0.6 is 23.2 Å². The summed E-state index contributed by atoms with van der Waals surface area (Å²) in [5, 5.41) is 14.2. The van der Waals surface area contributed by atoms with E-state index in [0.717, 1.165) is 11.1 Å². The molecule has 0 aliphatic rings. The summed E-state index contributed by atoms with van der Waals surface area (Å²) in [4.78, 5) is 15.5. The van der Waals surface area contributed by atoms with Gasteiger partial charge in [0.05, 0.1) is 6.20 Å². The van der Waals surface area contributed by atoms with Crippen molar-refractivity contribution in [2.24, 2.45) is 0 Å². The van der Waals surface area contributed by atoms with E-state index in [2.05, 4.69) is 10.1 Å². The molecule has 2 heterocycles. The first kappa shape index (κ1) is 14.8. The Bertz CT molecular complexity index is 873. The second kappa shape index (κ2) is 5.59. The van der Waals surface area contributed by atoms with Crippen LogP contribution in [0.5, 0.6) is 0 Å². The number of rotatable bonds is 3. The SMILES string of the molecule is Cc1nc2c(C(=O)O)cnn2c(Cl)c1Cc1ccc(Cl)cc1. The fourth-order valence-corrected chi connectivity index (χ4v) is 2.71. The first-order chi connectivity index (χ1) is 10.5. The third kappa shape index (κ3) is 2.53. The van der Waals surface area contributed by atoms with Crippen LogP contribution in [0.3, 0.4) is 0 Å². The smallest absolute Gasteiger partial charge is 0.341 e. The molecule has 1 aromatic carbocycles. The highest BCUT2D eigenvalue weighted by molar-refractivity contribution is 6.31. The molecule has 0 aliphatic carbocycles. The van der Waals surface area contributed by atoms with Crippen LogP contribution in [0.2, 0.25) is 10.2 Å². The van der Waals surface area contributed by atoms with Gasteiger partial charge in [-0.1, -0.05) is 35.3 Å². The monoisotopic (exact) mass is 335 g/mol. The van der Waals surface area contributed by atoms with Gasteiger partial charge in [-0.25, -0.2) is 14.3 Å². The molecular formula is C15H11Cl2N3O2. The molecule has 0 bridgehead atoms. The fourth-order valence-electron chi connectivity index (χ4n) is 2.25. The Morgan fingerprint density at radius 2 is 1.95 bits per heavy atom. The Balaban J connectivity index is 2.10. The van der Waals surface area contributed by atoms with Crippen molar-refractivity contribution in [1.82, 2.24) is 14.6 Å². The summed E-state index contributed by atoms with van der Waals surface area (Å²) in [5.74, 6) is -1.08. The van der Waals surface area contributed by atoms with E-state index in [9.17, 15) is 4.79 Å². The summed E-state index contributed by atoms with van der Waals surface area (Å²) >= 11 is 12.3. The molecule has 22 heavy (non-hydrogen) atoms. The van der Waals surface area contributed by atoms with Crippen molar-refractivity contribution >= 4 is 34.8 Å². The van der Waals surface area contributed by atoms with E-state index in [1.54, 1.807) is 6.92 Å². The molecule has 3 rings (SSSR count). The summed E-state index contributed by atoms with van der Waals surface area (Å²) in [7, 11) is 0. The lowest BCUT2D eigenvalue weighted by atomic mass is 10.1. The lowest BCUT2D eigenvalue weighted by Crippen LogP contribution is -2.05. The number of halogens is 2. The first-order valence-corrected chi connectivity index (χ1v) is 7.23. The number of carboxylic acid groups (broad SMARTS) is 1. The van der Waals surface area contributed by atoms with E-state index >= 15 is 0 Å². The highest BCUT2D eigenvalue weighted by Crippen LogP contribution is 2.25. The Labute approximate surface area is 136 Å². The van der Waals surface area contributed by atoms with Crippen LogP contribution in [0.15, 0.2) is 30.5 Å². The molecule has 0 saturated heterocycles. The number of hydrogen-bond donors (Lipinski definition) is 1. The maximum absolute atomic E-state index is 11.2. The zero-order valence-corrected chi connectivity index (χ0v) is 13.1. The summed E-state index contributed by atoms with van der Waals surface area (Å²) in [6.45, 7) is 1.80. The molecule has 0 aliphatic heterocycles. The van der Waals surface area contributed by atoms with E-state index < -0.39 is 5.97 Å². The molecule has 0 atom stereocenters. The van der Waals surface area contributed by atoms with Crippen molar-refractivity contribution in [3.05, 3.63) is 63.0 Å².